The summed E-state index contributed by atoms with van der Waals surface area (Å²) in [4.78, 5) is 2.30. The van der Waals surface area contributed by atoms with E-state index < -0.39 is 0 Å². The van der Waals surface area contributed by atoms with E-state index in [-0.39, 0.29) is 0 Å². The summed E-state index contributed by atoms with van der Waals surface area (Å²) in [5.41, 5.74) is 2.17. The number of rotatable bonds is 6. The minimum atomic E-state index is 0.700. The predicted molar refractivity (Wildman–Crippen MR) is 79.5 cm³/mol. The van der Waals surface area contributed by atoms with Crippen LogP contribution < -0.4 is 4.74 Å². The predicted octanol–water partition coefficient (Wildman–Crippen LogP) is 2.99. The van der Waals surface area contributed by atoms with Crippen molar-refractivity contribution in [3.63, 3.8) is 0 Å². The third kappa shape index (κ3) is 4.14. The Morgan fingerprint density at radius 3 is 3.16 bits per heavy atom. The lowest BCUT2D eigenvalue weighted by molar-refractivity contribution is 0.301. The fourth-order valence-corrected chi connectivity index (χ4v) is 2.60. The Morgan fingerprint density at radius 2 is 2.37 bits per heavy atom. The van der Waals surface area contributed by atoms with Crippen molar-refractivity contribution in [1.82, 2.24) is 13.6 Å². The van der Waals surface area contributed by atoms with Gasteiger partial charge >= 0.3 is 0 Å². The molecule has 1 aliphatic rings. The second-order valence-electron chi connectivity index (χ2n) is 4.73. The second kappa shape index (κ2) is 7.40. The highest BCUT2D eigenvalue weighted by Gasteiger charge is 2.18. The molecule has 0 unspecified atom stereocenters. The molecule has 0 aromatic carbocycles. The van der Waals surface area contributed by atoms with E-state index in [1.807, 2.05) is 6.92 Å². The Balaban J connectivity index is 1.92. The highest BCUT2D eigenvalue weighted by Crippen LogP contribution is 2.26. The minimum Gasteiger partial charge on any atom is -0.475 e. The van der Waals surface area contributed by atoms with Gasteiger partial charge in [0.05, 0.1) is 18.3 Å². The molecule has 4 nitrogen and oxygen atoms in total. The quantitative estimate of drug-likeness (QED) is 0.593. The zero-order chi connectivity index (χ0) is 13.5. The number of likely N-dealkylation sites (N-methyl/N-ethyl adjacent to an activating group) is 1. The highest BCUT2D eigenvalue weighted by atomic mass is 32.1. The Labute approximate surface area is 119 Å². The average molecular weight is 279 g/mol. The van der Waals surface area contributed by atoms with Crippen LogP contribution in [0.25, 0.3) is 5.57 Å². The first kappa shape index (κ1) is 14.2. The lowest BCUT2D eigenvalue weighted by atomic mass is 10.1. The van der Waals surface area contributed by atoms with Crippen molar-refractivity contribution >= 4 is 17.3 Å². The maximum Gasteiger partial charge on any atom is 0.253 e. The number of nitrogens with zero attached hydrogens (tertiary/aromatic N) is 3. The molecular formula is C14H21N3OS. The Kier molecular flexibility index (Phi) is 5.54. The summed E-state index contributed by atoms with van der Waals surface area (Å²) in [6, 6.07) is 0. The molecule has 2 rings (SSSR count). The van der Waals surface area contributed by atoms with Gasteiger partial charge in [0.25, 0.3) is 5.88 Å². The number of ether oxygens (including phenoxy) is 1. The van der Waals surface area contributed by atoms with E-state index in [2.05, 4.69) is 38.9 Å². The van der Waals surface area contributed by atoms with E-state index in [1.54, 1.807) is 0 Å². The topological polar surface area (TPSA) is 38.3 Å². The van der Waals surface area contributed by atoms with Gasteiger partial charge in [-0.2, -0.15) is 4.37 Å². The summed E-state index contributed by atoms with van der Waals surface area (Å²) in [7, 11) is 2.13. The molecule has 104 valence electrons. The number of hydrogen-bond acceptors (Lipinski definition) is 5. The lowest BCUT2D eigenvalue weighted by Gasteiger charge is -2.22. The highest BCUT2D eigenvalue weighted by molar-refractivity contribution is 6.99. The van der Waals surface area contributed by atoms with E-state index in [0.29, 0.717) is 12.5 Å². The van der Waals surface area contributed by atoms with Gasteiger partial charge in [0, 0.05) is 13.1 Å². The second-order valence-corrected chi connectivity index (χ2v) is 5.26. The third-order valence-electron chi connectivity index (χ3n) is 3.09. The van der Waals surface area contributed by atoms with Crippen molar-refractivity contribution in [2.75, 3.05) is 26.7 Å². The van der Waals surface area contributed by atoms with Crippen molar-refractivity contribution in [3.05, 3.63) is 23.9 Å². The maximum absolute atomic E-state index is 5.76. The van der Waals surface area contributed by atoms with Gasteiger partial charge in [0.2, 0.25) is 0 Å². The molecule has 0 atom stereocenters. The van der Waals surface area contributed by atoms with Gasteiger partial charge < -0.3 is 9.64 Å². The van der Waals surface area contributed by atoms with Crippen LogP contribution >= 0.6 is 11.7 Å². The van der Waals surface area contributed by atoms with Crippen LogP contribution in [0.4, 0.5) is 0 Å². The van der Waals surface area contributed by atoms with E-state index in [4.69, 9.17) is 4.74 Å². The van der Waals surface area contributed by atoms with Gasteiger partial charge in [-0.15, -0.1) is 4.37 Å². The Hall–Kier alpha value is -1.20. The van der Waals surface area contributed by atoms with Crippen LogP contribution in [0.5, 0.6) is 5.88 Å². The molecule has 5 heteroatoms. The largest absolute Gasteiger partial charge is 0.475 e. The first-order valence-electron chi connectivity index (χ1n) is 6.75. The summed E-state index contributed by atoms with van der Waals surface area (Å²) in [6.45, 7) is 4.78. The van der Waals surface area contributed by atoms with Crippen molar-refractivity contribution in [3.8, 4) is 5.88 Å². The number of unbranched alkanes of at least 4 members (excludes halogenated alkanes) is 1. The van der Waals surface area contributed by atoms with Crippen LogP contribution in [-0.2, 0) is 0 Å². The molecule has 2 heterocycles. The van der Waals surface area contributed by atoms with Crippen molar-refractivity contribution in [1.29, 1.82) is 0 Å². The third-order valence-corrected chi connectivity index (χ3v) is 3.61. The van der Waals surface area contributed by atoms with Gasteiger partial charge in [-0.05, 0) is 38.8 Å². The molecular weight excluding hydrogens is 258 g/mol. The zero-order valence-electron chi connectivity index (χ0n) is 11.6. The summed E-state index contributed by atoms with van der Waals surface area (Å²) in [5, 5.41) is 0. The smallest absolute Gasteiger partial charge is 0.253 e. The van der Waals surface area contributed by atoms with Crippen LogP contribution in [0.15, 0.2) is 18.2 Å². The van der Waals surface area contributed by atoms with Crippen LogP contribution in [0, 0.1) is 0 Å². The molecule has 19 heavy (non-hydrogen) atoms. The van der Waals surface area contributed by atoms with Crippen molar-refractivity contribution < 1.29 is 4.74 Å². The number of allylic oxidation sites excluding steroid dienone is 2. The van der Waals surface area contributed by atoms with Crippen LogP contribution in [-0.4, -0.2) is 40.4 Å². The molecule has 1 aliphatic heterocycles. The first-order chi connectivity index (χ1) is 9.31. The molecule has 0 saturated carbocycles. The van der Waals surface area contributed by atoms with Crippen molar-refractivity contribution in [2.24, 2.45) is 0 Å². The molecule has 0 spiro atoms. The SMILES string of the molecule is C/C=C/CCCOc1nsnc1C1=CCCN(C)C1. The summed E-state index contributed by atoms with van der Waals surface area (Å²) >= 11 is 1.23. The molecule has 1 aromatic heterocycles. The molecule has 0 saturated heterocycles. The van der Waals surface area contributed by atoms with E-state index >= 15 is 0 Å². The fraction of sp³-hybridized carbons (Fsp3) is 0.571. The Bertz CT molecular complexity index is 453. The molecule has 0 radical (unpaired) electrons. The van der Waals surface area contributed by atoms with Crippen LogP contribution in [0.2, 0.25) is 0 Å². The molecule has 0 bridgehead atoms. The molecule has 0 fully saturated rings. The number of aromatic nitrogens is 2. The summed E-state index contributed by atoms with van der Waals surface area (Å²) in [5.74, 6) is 0.701. The van der Waals surface area contributed by atoms with E-state index in [0.717, 1.165) is 38.0 Å². The zero-order valence-corrected chi connectivity index (χ0v) is 12.4. The monoisotopic (exact) mass is 279 g/mol. The first-order valence-corrected chi connectivity index (χ1v) is 7.48. The van der Waals surface area contributed by atoms with Crippen molar-refractivity contribution in [2.45, 2.75) is 26.2 Å². The lowest BCUT2D eigenvalue weighted by Crippen LogP contribution is -2.25. The minimum absolute atomic E-state index is 0.700. The van der Waals surface area contributed by atoms with Gasteiger partial charge in [0.1, 0.15) is 5.69 Å². The summed E-state index contributed by atoms with van der Waals surface area (Å²) in [6.07, 6.45) is 9.61. The van der Waals surface area contributed by atoms with Gasteiger partial charge in [-0.1, -0.05) is 18.2 Å². The maximum atomic E-state index is 5.76. The van der Waals surface area contributed by atoms with Crippen LogP contribution in [0.1, 0.15) is 31.9 Å². The standard InChI is InChI=1S/C14H21N3OS/c1-3-4-5-6-10-18-14-13(15-19-16-14)12-8-7-9-17(2)11-12/h3-4,8H,5-7,9-11H2,1-2H3/b4-3+. The van der Waals surface area contributed by atoms with Gasteiger partial charge in [-0.25, -0.2) is 0 Å². The van der Waals surface area contributed by atoms with Gasteiger partial charge in [0.15, 0.2) is 0 Å². The number of hydrogen-bond donors (Lipinski definition) is 0. The van der Waals surface area contributed by atoms with E-state index in [9.17, 15) is 0 Å². The van der Waals surface area contributed by atoms with Gasteiger partial charge in [-0.3, -0.25) is 0 Å². The summed E-state index contributed by atoms with van der Waals surface area (Å²) < 4.78 is 14.4. The Morgan fingerprint density at radius 1 is 1.47 bits per heavy atom. The molecule has 0 aliphatic carbocycles. The fourth-order valence-electron chi connectivity index (χ4n) is 2.07. The van der Waals surface area contributed by atoms with E-state index in [1.165, 1.54) is 17.3 Å². The molecule has 0 N–H and O–H groups in total. The molecule has 0 amide bonds. The average Bonchev–Trinajstić information content (AvgIpc) is 2.87. The normalized spacial score (nSPS) is 16.8. The van der Waals surface area contributed by atoms with Crippen LogP contribution in [0.3, 0.4) is 0 Å². The molecule has 1 aromatic rings.